The molecule has 0 fully saturated rings. The van der Waals surface area contributed by atoms with Gasteiger partial charge in [-0.15, -0.1) is 0 Å². The maximum absolute atomic E-state index is 11.8. The quantitative estimate of drug-likeness (QED) is 0.335. The Morgan fingerprint density at radius 1 is 1.08 bits per heavy atom. The molecule has 9 heteroatoms. The summed E-state index contributed by atoms with van der Waals surface area (Å²) in [7, 11) is 0. The highest BCUT2D eigenvalue weighted by atomic mass is 16.4. The number of carboxylic acid groups (broad SMARTS) is 1. The van der Waals surface area contributed by atoms with Gasteiger partial charge in [0.25, 0.3) is 11.8 Å². The van der Waals surface area contributed by atoms with Gasteiger partial charge >= 0.3 is 5.97 Å². The van der Waals surface area contributed by atoms with Gasteiger partial charge in [0.1, 0.15) is 0 Å². The van der Waals surface area contributed by atoms with Crippen molar-refractivity contribution >= 4 is 29.6 Å². The molecular weight excluding hydrogens is 318 g/mol. The first kappa shape index (κ1) is 19.3. The number of nitrogens with zero attached hydrogens (tertiary/aromatic N) is 1. The molecule has 0 saturated carbocycles. The number of primary amides is 1. The van der Waals surface area contributed by atoms with Gasteiger partial charge in [-0.1, -0.05) is 6.42 Å². The normalized spacial score (nSPS) is 14.8. The summed E-state index contributed by atoms with van der Waals surface area (Å²) in [6.45, 7) is 0.301. The zero-order chi connectivity index (χ0) is 18.1. The molecule has 1 rings (SSSR count). The fraction of sp³-hybridized carbons (Fsp3) is 0.533. The summed E-state index contributed by atoms with van der Waals surface area (Å²) < 4.78 is 0. The number of imide groups is 1. The lowest BCUT2D eigenvalue weighted by Gasteiger charge is -2.15. The number of nitrogens with one attached hydrogen (secondary N) is 1. The molecule has 4 amide bonds. The van der Waals surface area contributed by atoms with Crippen molar-refractivity contribution in [3.05, 3.63) is 12.2 Å². The van der Waals surface area contributed by atoms with Gasteiger partial charge in [0.05, 0.1) is 6.42 Å². The van der Waals surface area contributed by atoms with Crippen LogP contribution < -0.4 is 11.1 Å². The van der Waals surface area contributed by atoms with Crippen LogP contribution >= 0.6 is 0 Å². The number of amides is 4. The monoisotopic (exact) mass is 339 g/mol. The summed E-state index contributed by atoms with van der Waals surface area (Å²) in [6, 6.07) is -0.821. The minimum Gasteiger partial charge on any atom is -0.481 e. The van der Waals surface area contributed by atoms with Crippen molar-refractivity contribution in [1.82, 2.24) is 10.2 Å². The third-order valence-corrected chi connectivity index (χ3v) is 3.42. The number of carbonyl (C=O) groups excluding carboxylic acids is 4. The molecule has 1 aliphatic heterocycles. The first-order valence-electron chi connectivity index (χ1n) is 7.62. The molecule has 4 N–H and O–H groups in total. The molecule has 24 heavy (non-hydrogen) atoms. The maximum atomic E-state index is 11.8. The average molecular weight is 339 g/mol. The fourth-order valence-corrected chi connectivity index (χ4v) is 2.31. The summed E-state index contributed by atoms with van der Waals surface area (Å²) in [5.74, 6) is -2.84. The second-order valence-electron chi connectivity index (χ2n) is 5.50. The van der Waals surface area contributed by atoms with Gasteiger partial charge in [-0.25, -0.2) is 0 Å². The zero-order valence-corrected chi connectivity index (χ0v) is 13.2. The molecule has 0 bridgehead atoms. The van der Waals surface area contributed by atoms with Gasteiger partial charge in [-0.3, -0.25) is 28.9 Å². The van der Waals surface area contributed by atoms with Crippen molar-refractivity contribution in [1.29, 1.82) is 0 Å². The fourth-order valence-electron chi connectivity index (χ4n) is 2.31. The van der Waals surface area contributed by atoms with Crippen molar-refractivity contribution in [2.24, 2.45) is 5.73 Å². The van der Waals surface area contributed by atoms with Crippen LogP contribution in [0.15, 0.2) is 12.2 Å². The Kier molecular flexibility index (Phi) is 7.60. The van der Waals surface area contributed by atoms with E-state index >= 15 is 0 Å². The standard InChI is InChI=1S/C15H21N3O6/c16-11(19)8-10(9-15(23)24)17-12(20)4-2-1-3-7-18-13(21)5-6-14(18)22/h5-6,10H,1-4,7-9H2,(H2,16,19)(H,17,20)(H,23,24). The number of nitrogens with two attached hydrogens (primary N) is 1. The molecule has 1 atom stereocenters. The Bertz CT molecular complexity index is 523. The van der Waals surface area contributed by atoms with Crippen LogP contribution in [0.4, 0.5) is 0 Å². The van der Waals surface area contributed by atoms with Gasteiger partial charge in [0.15, 0.2) is 0 Å². The predicted molar refractivity (Wildman–Crippen MR) is 82.3 cm³/mol. The zero-order valence-electron chi connectivity index (χ0n) is 13.2. The highest BCUT2D eigenvalue weighted by molar-refractivity contribution is 6.12. The van der Waals surface area contributed by atoms with Crippen LogP contribution in [0, 0.1) is 0 Å². The smallest absolute Gasteiger partial charge is 0.305 e. The predicted octanol–water partition coefficient (Wildman–Crippen LogP) is -0.693. The van der Waals surface area contributed by atoms with Crippen LogP contribution in [0.3, 0.4) is 0 Å². The molecule has 132 valence electrons. The van der Waals surface area contributed by atoms with E-state index in [-0.39, 0.29) is 37.0 Å². The lowest BCUT2D eigenvalue weighted by molar-refractivity contribution is -0.139. The van der Waals surface area contributed by atoms with Gasteiger partial charge < -0.3 is 16.2 Å². The number of rotatable bonds is 11. The van der Waals surface area contributed by atoms with Crippen molar-refractivity contribution in [3.63, 3.8) is 0 Å². The highest BCUT2D eigenvalue weighted by Crippen LogP contribution is 2.08. The molecular formula is C15H21N3O6. The van der Waals surface area contributed by atoms with E-state index in [1.54, 1.807) is 0 Å². The topological polar surface area (TPSA) is 147 Å². The van der Waals surface area contributed by atoms with Crippen molar-refractivity contribution < 1.29 is 29.1 Å². The summed E-state index contributed by atoms with van der Waals surface area (Å²) in [5, 5.41) is 11.2. The molecule has 0 radical (unpaired) electrons. The average Bonchev–Trinajstić information content (AvgIpc) is 2.76. The molecule has 9 nitrogen and oxygen atoms in total. The van der Waals surface area contributed by atoms with Gasteiger partial charge in [-0.05, 0) is 12.8 Å². The molecule has 1 unspecified atom stereocenters. The highest BCUT2D eigenvalue weighted by Gasteiger charge is 2.22. The van der Waals surface area contributed by atoms with E-state index in [2.05, 4.69) is 5.32 Å². The third kappa shape index (κ3) is 7.03. The number of hydrogen-bond donors (Lipinski definition) is 3. The van der Waals surface area contributed by atoms with Gasteiger partial charge in [0.2, 0.25) is 11.8 Å². The number of aliphatic carboxylic acids is 1. The van der Waals surface area contributed by atoms with Crippen molar-refractivity contribution in [2.75, 3.05) is 6.54 Å². The number of carboxylic acids is 1. The Morgan fingerprint density at radius 2 is 1.71 bits per heavy atom. The minimum atomic E-state index is -1.13. The number of carbonyl (C=O) groups is 5. The molecule has 0 aromatic heterocycles. The summed E-state index contributed by atoms with van der Waals surface area (Å²) >= 11 is 0. The Labute approximate surface area is 138 Å². The summed E-state index contributed by atoms with van der Waals surface area (Å²) in [6.07, 6.45) is 3.72. The molecule has 1 aliphatic rings. The number of unbranched alkanes of at least 4 members (excludes halogenated alkanes) is 2. The Balaban J connectivity index is 2.22. The van der Waals surface area contributed by atoms with Crippen LogP contribution in [0.1, 0.15) is 38.5 Å². The maximum Gasteiger partial charge on any atom is 0.305 e. The first-order chi connectivity index (χ1) is 11.3. The summed E-state index contributed by atoms with van der Waals surface area (Å²) in [5.41, 5.74) is 5.02. The van der Waals surface area contributed by atoms with Gasteiger partial charge in [-0.2, -0.15) is 0 Å². The second-order valence-corrected chi connectivity index (χ2v) is 5.50. The molecule has 0 aromatic rings. The van der Waals surface area contributed by atoms with E-state index in [0.29, 0.717) is 25.8 Å². The van der Waals surface area contributed by atoms with Crippen LogP contribution in [-0.4, -0.2) is 52.2 Å². The summed E-state index contributed by atoms with van der Waals surface area (Å²) in [4.78, 5) is 57.1. The molecule has 0 saturated heterocycles. The van der Waals surface area contributed by atoms with Crippen molar-refractivity contribution in [3.8, 4) is 0 Å². The lowest BCUT2D eigenvalue weighted by atomic mass is 10.1. The molecule has 0 aromatic carbocycles. The minimum absolute atomic E-state index is 0.162. The van der Waals surface area contributed by atoms with E-state index in [9.17, 15) is 24.0 Å². The van der Waals surface area contributed by atoms with Crippen LogP contribution in [-0.2, 0) is 24.0 Å². The number of hydrogen-bond acceptors (Lipinski definition) is 5. The Morgan fingerprint density at radius 3 is 2.25 bits per heavy atom. The van der Waals surface area contributed by atoms with Crippen LogP contribution in [0.2, 0.25) is 0 Å². The van der Waals surface area contributed by atoms with E-state index in [1.807, 2.05) is 0 Å². The molecule has 0 spiro atoms. The largest absolute Gasteiger partial charge is 0.481 e. The van der Waals surface area contributed by atoms with Crippen molar-refractivity contribution in [2.45, 2.75) is 44.6 Å². The molecule has 0 aliphatic carbocycles. The third-order valence-electron chi connectivity index (χ3n) is 3.42. The van der Waals surface area contributed by atoms with Crippen LogP contribution in [0.5, 0.6) is 0 Å². The van der Waals surface area contributed by atoms with E-state index in [4.69, 9.17) is 10.8 Å². The lowest BCUT2D eigenvalue weighted by Crippen LogP contribution is -2.39. The second kappa shape index (κ2) is 9.43. The van der Waals surface area contributed by atoms with Crippen LogP contribution in [0.25, 0.3) is 0 Å². The SMILES string of the molecule is NC(=O)CC(CC(=O)O)NC(=O)CCCCCN1C(=O)C=CC1=O. The Hall–Kier alpha value is -2.71. The van der Waals surface area contributed by atoms with E-state index in [0.717, 1.165) is 4.90 Å². The first-order valence-corrected chi connectivity index (χ1v) is 7.62. The van der Waals surface area contributed by atoms with E-state index < -0.39 is 17.9 Å². The van der Waals surface area contributed by atoms with E-state index in [1.165, 1.54) is 12.2 Å². The molecule has 1 heterocycles. The van der Waals surface area contributed by atoms with Gasteiger partial charge in [0, 0.05) is 37.6 Å².